The van der Waals surface area contributed by atoms with Gasteiger partial charge < -0.3 is 20.9 Å². The number of nitrogens with zero attached hydrogens (tertiary/aromatic N) is 2. The van der Waals surface area contributed by atoms with E-state index in [1.54, 1.807) is 0 Å². The average molecular weight is 456 g/mol. The van der Waals surface area contributed by atoms with Crippen LogP contribution >= 0.6 is 22.6 Å². The summed E-state index contributed by atoms with van der Waals surface area (Å²) in [6, 6.07) is 3.99. The Bertz CT molecular complexity index is 735. The van der Waals surface area contributed by atoms with Gasteiger partial charge in [-0.1, -0.05) is 27.7 Å². The standard InChI is InChI=1S/C18H25IN4O2/c1-10(2)5-6-24-15-7-12(11(3)4)14(8-13(15)19)25-16-9-22-18(21)23-17(16)20/h7-11H,5-6H2,1-4H3,(H4,20,21,22,23). The lowest BCUT2D eigenvalue weighted by atomic mass is 10.0. The first-order valence-corrected chi connectivity index (χ1v) is 9.37. The molecule has 0 fully saturated rings. The largest absolute Gasteiger partial charge is 0.492 e. The normalized spacial score (nSPS) is 11.2. The van der Waals surface area contributed by atoms with Gasteiger partial charge >= 0.3 is 0 Å². The molecule has 0 saturated heterocycles. The van der Waals surface area contributed by atoms with Crippen LogP contribution in [0.15, 0.2) is 18.3 Å². The quantitative estimate of drug-likeness (QED) is 0.592. The molecule has 1 aromatic heterocycles. The predicted molar refractivity (Wildman–Crippen MR) is 109 cm³/mol. The second kappa shape index (κ2) is 8.55. The molecule has 0 spiro atoms. The molecule has 6 nitrogen and oxygen atoms in total. The van der Waals surface area contributed by atoms with E-state index in [0.29, 0.717) is 18.3 Å². The van der Waals surface area contributed by atoms with Crippen molar-refractivity contribution in [1.29, 1.82) is 0 Å². The topological polar surface area (TPSA) is 96.3 Å². The molecule has 0 amide bonds. The van der Waals surface area contributed by atoms with Gasteiger partial charge in [-0.3, -0.25) is 0 Å². The van der Waals surface area contributed by atoms with Crippen molar-refractivity contribution in [1.82, 2.24) is 9.97 Å². The molecule has 2 rings (SSSR count). The zero-order chi connectivity index (χ0) is 18.6. The molecule has 0 aliphatic rings. The third-order valence-electron chi connectivity index (χ3n) is 3.66. The van der Waals surface area contributed by atoms with Crippen LogP contribution in [0.25, 0.3) is 0 Å². The first-order chi connectivity index (χ1) is 11.8. The molecule has 1 aromatic carbocycles. The number of rotatable bonds is 7. The van der Waals surface area contributed by atoms with Gasteiger partial charge in [0.05, 0.1) is 16.4 Å². The van der Waals surface area contributed by atoms with Crippen molar-refractivity contribution in [2.24, 2.45) is 5.92 Å². The molecule has 2 aromatic rings. The highest BCUT2D eigenvalue weighted by atomic mass is 127. The summed E-state index contributed by atoms with van der Waals surface area (Å²) in [4.78, 5) is 7.88. The van der Waals surface area contributed by atoms with Crippen molar-refractivity contribution in [3.8, 4) is 17.2 Å². The molecule has 25 heavy (non-hydrogen) atoms. The summed E-state index contributed by atoms with van der Waals surface area (Å²) in [5.74, 6) is 3.19. The number of hydrogen-bond acceptors (Lipinski definition) is 6. The molecular weight excluding hydrogens is 431 g/mol. The third kappa shape index (κ3) is 5.35. The van der Waals surface area contributed by atoms with E-state index < -0.39 is 0 Å². The van der Waals surface area contributed by atoms with Crippen LogP contribution in [0.2, 0.25) is 0 Å². The summed E-state index contributed by atoms with van der Waals surface area (Å²) >= 11 is 2.25. The molecule has 0 unspecified atom stereocenters. The van der Waals surface area contributed by atoms with Crippen LogP contribution in [0.5, 0.6) is 17.2 Å². The van der Waals surface area contributed by atoms with Gasteiger partial charge in [-0.2, -0.15) is 4.98 Å². The fourth-order valence-corrected chi connectivity index (χ4v) is 2.80. The van der Waals surface area contributed by atoms with Crippen molar-refractivity contribution in [3.63, 3.8) is 0 Å². The minimum atomic E-state index is 0.123. The van der Waals surface area contributed by atoms with Gasteiger partial charge in [0.25, 0.3) is 0 Å². The number of nitrogens with two attached hydrogens (primary N) is 2. The highest BCUT2D eigenvalue weighted by molar-refractivity contribution is 14.1. The summed E-state index contributed by atoms with van der Waals surface area (Å²) in [6.45, 7) is 9.28. The van der Waals surface area contributed by atoms with E-state index in [2.05, 4.69) is 60.3 Å². The van der Waals surface area contributed by atoms with E-state index >= 15 is 0 Å². The molecular formula is C18H25IN4O2. The van der Waals surface area contributed by atoms with Gasteiger partial charge in [0.15, 0.2) is 11.6 Å². The SMILES string of the molecule is CC(C)CCOc1cc(C(C)C)c(Oc2cnc(N)nc2N)cc1I. The first kappa shape index (κ1) is 19.6. The maximum Gasteiger partial charge on any atom is 0.222 e. The van der Waals surface area contributed by atoms with Gasteiger partial charge in [0, 0.05) is 5.56 Å². The molecule has 0 atom stereocenters. The Morgan fingerprint density at radius 2 is 1.80 bits per heavy atom. The monoisotopic (exact) mass is 456 g/mol. The van der Waals surface area contributed by atoms with E-state index in [1.807, 2.05) is 12.1 Å². The Morgan fingerprint density at radius 1 is 1.08 bits per heavy atom. The summed E-state index contributed by atoms with van der Waals surface area (Å²) < 4.78 is 12.9. The van der Waals surface area contributed by atoms with Crippen LogP contribution in [0, 0.1) is 9.49 Å². The van der Waals surface area contributed by atoms with Crippen molar-refractivity contribution in [2.75, 3.05) is 18.1 Å². The van der Waals surface area contributed by atoms with E-state index in [-0.39, 0.29) is 17.7 Å². The van der Waals surface area contributed by atoms with Crippen LogP contribution < -0.4 is 20.9 Å². The molecule has 1 heterocycles. The number of hydrogen-bond donors (Lipinski definition) is 2. The lowest BCUT2D eigenvalue weighted by molar-refractivity contribution is 0.287. The fraction of sp³-hybridized carbons (Fsp3) is 0.444. The minimum Gasteiger partial charge on any atom is -0.492 e. The zero-order valence-corrected chi connectivity index (χ0v) is 17.2. The Labute approximate surface area is 162 Å². The van der Waals surface area contributed by atoms with Crippen LogP contribution in [0.4, 0.5) is 11.8 Å². The van der Waals surface area contributed by atoms with Crippen molar-refractivity contribution in [2.45, 2.75) is 40.0 Å². The Morgan fingerprint density at radius 3 is 2.40 bits per heavy atom. The van der Waals surface area contributed by atoms with Crippen LogP contribution in [-0.2, 0) is 0 Å². The number of benzene rings is 1. The van der Waals surface area contributed by atoms with Crippen molar-refractivity contribution in [3.05, 3.63) is 27.5 Å². The Balaban J connectivity index is 2.29. The molecule has 7 heteroatoms. The highest BCUT2D eigenvalue weighted by Gasteiger charge is 2.16. The number of ether oxygens (including phenoxy) is 2. The molecule has 0 radical (unpaired) electrons. The van der Waals surface area contributed by atoms with Crippen molar-refractivity contribution >= 4 is 34.4 Å². The molecule has 0 aliphatic heterocycles. The minimum absolute atomic E-state index is 0.123. The van der Waals surface area contributed by atoms with Gasteiger partial charge in [0.2, 0.25) is 5.95 Å². The van der Waals surface area contributed by atoms with E-state index in [4.69, 9.17) is 20.9 Å². The maximum absolute atomic E-state index is 5.97. The number of anilines is 2. The van der Waals surface area contributed by atoms with Gasteiger partial charge in [-0.15, -0.1) is 0 Å². The molecule has 0 bridgehead atoms. The number of halogens is 1. The average Bonchev–Trinajstić information content (AvgIpc) is 2.51. The van der Waals surface area contributed by atoms with Gasteiger partial charge in [-0.25, -0.2) is 4.98 Å². The van der Waals surface area contributed by atoms with E-state index in [1.165, 1.54) is 6.20 Å². The third-order valence-corrected chi connectivity index (χ3v) is 4.50. The summed E-state index contributed by atoms with van der Waals surface area (Å²) in [5, 5.41) is 0. The molecule has 0 saturated carbocycles. The summed E-state index contributed by atoms with van der Waals surface area (Å²) in [5.41, 5.74) is 12.4. The highest BCUT2D eigenvalue weighted by Crippen LogP contribution is 2.37. The fourth-order valence-electron chi connectivity index (χ4n) is 2.20. The van der Waals surface area contributed by atoms with Crippen LogP contribution in [0.1, 0.15) is 45.6 Å². The molecule has 0 aliphatic carbocycles. The Kier molecular flexibility index (Phi) is 6.69. The summed E-state index contributed by atoms with van der Waals surface area (Å²) in [6.07, 6.45) is 2.51. The zero-order valence-electron chi connectivity index (χ0n) is 15.0. The lowest BCUT2D eigenvalue weighted by Gasteiger charge is -2.18. The second-order valence-electron chi connectivity index (χ2n) is 6.59. The lowest BCUT2D eigenvalue weighted by Crippen LogP contribution is -2.05. The van der Waals surface area contributed by atoms with Crippen molar-refractivity contribution < 1.29 is 9.47 Å². The molecule has 136 valence electrons. The first-order valence-electron chi connectivity index (χ1n) is 8.30. The van der Waals surface area contributed by atoms with Gasteiger partial charge in [0.1, 0.15) is 11.5 Å². The summed E-state index contributed by atoms with van der Waals surface area (Å²) in [7, 11) is 0. The smallest absolute Gasteiger partial charge is 0.222 e. The number of nitrogen functional groups attached to an aromatic ring is 2. The van der Waals surface area contributed by atoms with Gasteiger partial charge in [-0.05, 0) is 53.0 Å². The van der Waals surface area contributed by atoms with Crippen LogP contribution in [0.3, 0.4) is 0 Å². The maximum atomic E-state index is 5.97. The number of aromatic nitrogens is 2. The van der Waals surface area contributed by atoms with Crippen LogP contribution in [-0.4, -0.2) is 16.6 Å². The predicted octanol–water partition coefficient (Wildman–Crippen LogP) is 4.59. The van der Waals surface area contributed by atoms with E-state index in [9.17, 15) is 0 Å². The van der Waals surface area contributed by atoms with E-state index in [0.717, 1.165) is 27.1 Å². The second-order valence-corrected chi connectivity index (χ2v) is 7.75. The molecule has 4 N–H and O–H groups in total. The Hall–Kier alpha value is -1.77.